The van der Waals surface area contributed by atoms with Gasteiger partial charge in [-0.3, -0.25) is 19.3 Å². The molecule has 1 aliphatic heterocycles. The second kappa shape index (κ2) is 8.43. The van der Waals surface area contributed by atoms with Crippen LogP contribution in [0.4, 0.5) is 5.69 Å². The first-order chi connectivity index (χ1) is 14.1. The van der Waals surface area contributed by atoms with Gasteiger partial charge in [0.1, 0.15) is 0 Å². The summed E-state index contributed by atoms with van der Waals surface area (Å²) < 4.78 is 27.5. The van der Waals surface area contributed by atoms with Crippen molar-refractivity contribution in [1.29, 1.82) is 0 Å². The zero-order chi connectivity index (χ0) is 21.9. The van der Waals surface area contributed by atoms with Crippen LogP contribution in [0, 0.1) is 5.41 Å². The highest BCUT2D eigenvalue weighted by Crippen LogP contribution is 2.20. The van der Waals surface area contributed by atoms with Crippen molar-refractivity contribution in [3.8, 4) is 0 Å². The number of hydrogen-bond donors (Lipinski definition) is 1. The lowest BCUT2D eigenvalue weighted by Crippen LogP contribution is -2.53. The quantitative estimate of drug-likeness (QED) is 0.802. The number of pyridine rings is 1. The van der Waals surface area contributed by atoms with Crippen LogP contribution in [0.2, 0.25) is 0 Å². The zero-order valence-electron chi connectivity index (χ0n) is 17.3. The molecule has 1 aromatic carbocycles. The Morgan fingerprint density at radius 2 is 1.43 bits per heavy atom. The molecule has 0 aliphatic carbocycles. The summed E-state index contributed by atoms with van der Waals surface area (Å²) >= 11 is 0. The SMILES string of the molecule is CC(C)(C)C(=O)N1CCN(C(=O)c2ccc(S(=O)(=O)Nc3ccncc3)cc2)CC1. The number of benzene rings is 1. The van der Waals surface area contributed by atoms with E-state index in [0.717, 1.165) is 0 Å². The topological polar surface area (TPSA) is 99.7 Å². The Balaban J connectivity index is 1.64. The van der Waals surface area contributed by atoms with E-state index in [1.807, 2.05) is 20.8 Å². The van der Waals surface area contributed by atoms with Gasteiger partial charge in [-0.2, -0.15) is 0 Å². The van der Waals surface area contributed by atoms with Gasteiger partial charge >= 0.3 is 0 Å². The van der Waals surface area contributed by atoms with Crippen LogP contribution in [0.5, 0.6) is 0 Å². The molecule has 2 aromatic rings. The van der Waals surface area contributed by atoms with Crippen LogP contribution in [-0.4, -0.2) is 61.2 Å². The van der Waals surface area contributed by atoms with Gasteiger partial charge in [0.15, 0.2) is 0 Å². The molecule has 0 spiro atoms. The van der Waals surface area contributed by atoms with Crippen molar-refractivity contribution in [3.05, 3.63) is 54.4 Å². The van der Waals surface area contributed by atoms with Crippen LogP contribution >= 0.6 is 0 Å². The molecule has 2 amide bonds. The maximum absolute atomic E-state index is 12.8. The molecule has 2 heterocycles. The molecule has 9 heteroatoms. The number of carbonyl (C=O) groups is 2. The fraction of sp³-hybridized carbons (Fsp3) is 0.381. The average molecular weight is 431 g/mol. The average Bonchev–Trinajstić information content (AvgIpc) is 2.72. The largest absolute Gasteiger partial charge is 0.339 e. The van der Waals surface area contributed by atoms with Gasteiger partial charge in [0.25, 0.3) is 15.9 Å². The summed E-state index contributed by atoms with van der Waals surface area (Å²) in [5, 5.41) is 0. The van der Waals surface area contributed by atoms with E-state index in [1.165, 1.54) is 36.7 Å². The van der Waals surface area contributed by atoms with Crippen molar-refractivity contribution in [3.63, 3.8) is 0 Å². The van der Waals surface area contributed by atoms with E-state index in [0.29, 0.717) is 37.4 Å². The fourth-order valence-corrected chi connectivity index (χ4v) is 4.24. The molecule has 0 saturated carbocycles. The Bertz CT molecular complexity index is 1010. The molecule has 30 heavy (non-hydrogen) atoms. The van der Waals surface area contributed by atoms with Crippen LogP contribution in [-0.2, 0) is 14.8 Å². The maximum atomic E-state index is 12.8. The predicted octanol–water partition coefficient (Wildman–Crippen LogP) is 2.21. The van der Waals surface area contributed by atoms with Crippen LogP contribution < -0.4 is 4.72 Å². The standard InChI is InChI=1S/C21H26N4O4S/c1-21(2,3)20(27)25-14-12-24(13-15-25)19(26)16-4-6-18(7-5-16)30(28,29)23-17-8-10-22-11-9-17/h4-11H,12-15H2,1-3H3,(H,22,23). The van der Waals surface area contributed by atoms with Crippen molar-refractivity contribution >= 4 is 27.5 Å². The third kappa shape index (κ3) is 4.96. The summed E-state index contributed by atoms with van der Waals surface area (Å²) in [4.78, 5) is 32.5. The highest BCUT2D eigenvalue weighted by molar-refractivity contribution is 7.92. The first-order valence-corrected chi connectivity index (χ1v) is 11.2. The van der Waals surface area contributed by atoms with Gasteiger partial charge in [0.2, 0.25) is 5.91 Å². The minimum atomic E-state index is -3.76. The number of nitrogens with zero attached hydrogens (tertiary/aromatic N) is 3. The van der Waals surface area contributed by atoms with E-state index < -0.39 is 15.4 Å². The molecule has 3 rings (SSSR count). The number of sulfonamides is 1. The molecular weight excluding hydrogens is 404 g/mol. The fourth-order valence-electron chi connectivity index (χ4n) is 3.18. The summed E-state index contributed by atoms with van der Waals surface area (Å²) in [6, 6.07) is 8.96. The van der Waals surface area contributed by atoms with E-state index in [2.05, 4.69) is 9.71 Å². The van der Waals surface area contributed by atoms with Gasteiger partial charge in [0.05, 0.1) is 10.6 Å². The van der Waals surface area contributed by atoms with Gasteiger partial charge in [-0.15, -0.1) is 0 Å². The number of piperazine rings is 1. The molecule has 1 aromatic heterocycles. The van der Waals surface area contributed by atoms with E-state index >= 15 is 0 Å². The smallest absolute Gasteiger partial charge is 0.261 e. The lowest BCUT2D eigenvalue weighted by Gasteiger charge is -2.37. The van der Waals surface area contributed by atoms with Crippen molar-refractivity contribution in [2.75, 3.05) is 30.9 Å². The molecule has 160 valence electrons. The third-order valence-corrected chi connectivity index (χ3v) is 6.24. The van der Waals surface area contributed by atoms with Gasteiger partial charge < -0.3 is 9.80 Å². The van der Waals surface area contributed by atoms with Crippen molar-refractivity contribution < 1.29 is 18.0 Å². The zero-order valence-corrected chi connectivity index (χ0v) is 18.1. The van der Waals surface area contributed by atoms with Gasteiger partial charge in [-0.25, -0.2) is 8.42 Å². The van der Waals surface area contributed by atoms with E-state index in [9.17, 15) is 18.0 Å². The summed E-state index contributed by atoms with van der Waals surface area (Å²) in [7, 11) is -3.76. The number of nitrogens with one attached hydrogen (secondary N) is 1. The van der Waals surface area contributed by atoms with E-state index in [1.54, 1.807) is 21.9 Å². The second-order valence-electron chi connectivity index (χ2n) is 8.20. The number of carbonyl (C=O) groups excluding carboxylic acids is 2. The number of anilines is 1. The molecule has 0 unspecified atom stereocenters. The maximum Gasteiger partial charge on any atom is 0.261 e. The molecule has 0 bridgehead atoms. The van der Waals surface area contributed by atoms with Crippen molar-refractivity contribution in [2.24, 2.45) is 5.41 Å². The predicted molar refractivity (Wildman–Crippen MR) is 113 cm³/mol. The molecule has 1 aliphatic rings. The summed E-state index contributed by atoms with van der Waals surface area (Å²) in [6.07, 6.45) is 2.99. The Morgan fingerprint density at radius 1 is 0.900 bits per heavy atom. The molecule has 0 atom stereocenters. The van der Waals surface area contributed by atoms with Crippen molar-refractivity contribution in [2.45, 2.75) is 25.7 Å². The number of rotatable bonds is 4. The Kier molecular flexibility index (Phi) is 6.12. The highest BCUT2D eigenvalue weighted by Gasteiger charge is 2.31. The van der Waals surface area contributed by atoms with Crippen LogP contribution in [0.25, 0.3) is 0 Å². The van der Waals surface area contributed by atoms with Crippen LogP contribution in [0.3, 0.4) is 0 Å². The monoisotopic (exact) mass is 430 g/mol. The molecule has 0 radical (unpaired) electrons. The van der Waals surface area contributed by atoms with Crippen molar-refractivity contribution in [1.82, 2.24) is 14.8 Å². The second-order valence-corrected chi connectivity index (χ2v) is 9.88. The first-order valence-electron chi connectivity index (χ1n) is 9.69. The molecule has 8 nitrogen and oxygen atoms in total. The summed E-state index contributed by atoms with van der Waals surface area (Å²) in [6.45, 7) is 7.52. The Labute approximate surface area is 177 Å². The normalized spacial score (nSPS) is 15.0. The number of aromatic nitrogens is 1. The lowest BCUT2D eigenvalue weighted by molar-refractivity contribution is -0.140. The molecule has 1 N–H and O–H groups in total. The van der Waals surface area contributed by atoms with E-state index in [-0.39, 0.29) is 16.7 Å². The van der Waals surface area contributed by atoms with Crippen LogP contribution in [0.15, 0.2) is 53.7 Å². The van der Waals surface area contributed by atoms with Gasteiger partial charge in [0, 0.05) is 49.6 Å². The van der Waals surface area contributed by atoms with Gasteiger partial charge in [-0.05, 0) is 36.4 Å². The minimum Gasteiger partial charge on any atom is -0.339 e. The Morgan fingerprint density at radius 3 is 1.97 bits per heavy atom. The van der Waals surface area contributed by atoms with Crippen LogP contribution in [0.1, 0.15) is 31.1 Å². The molecule has 1 fully saturated rings. The molecular formula is C21H26N4O4S. The lowest BCUT2D eigenvalue weighted by atomic mass is 9.94. The van der Waals surface area contributed by atoms with Gasteiger partial charge in [-0.1, -0.05) is 20.8 Å². The first kappa shape index (κ1) is 21.8. The third-order valence-electron chi connectivity index (χ3n) is 4.84. The van der Waals surface area contributed by atoms with E-state index in [4.69, 9.17) is 0 Å². The summed E-state index contributed by atoms with van der Waals surface area (Å²) in [5.74, 6) is -0.102. The summed E-state index contributed by atoms with van der Waals surface area (Å²) in [5.41, 5.74) is 0.374. The number of hydrogen-bond acceptors (Lipinski definition) is 5. The molecule has 1 saturated heterocycles. The highest BCUT2D eigenvalue weighted by atomic mass is 32.2. The Hall–Kier alpha value is -2.94. The number of amides is 2. The minimum absolute atomic E-state index is 0.0662.